The zero-order valence-electron chi connectivity index (χ0n) is 11.2. The number of hydrogen-bond donors (Lipinski definition) is 2. The van der Waals surface area contributed by atoms with Crippen molar-refractivity contribution in [2.45, 2.75) is 13.1 Å². The quantitative estimate of drug-likeness (QED) is 0.629. The number of carboxylic acid groups (broad SMARTS) is 1. The van der Waals surface area contributed by atoms with Crippen LogP contribution in [0.4, 0.5) is 5.69 Å². The standard InChI is InChI=1S/C15H14N2O4/c18-15(19)14-4-2-1-3-12(14)10-16-9-11-5-7-13(8-6-11)17(20)21/h1-8,16H,9-10H2,(H,18,19). The van der Waals surface area contributed by atoms with E-state index in [-0.39, 0.29) is 11.3 Å². The largest absolute Gasteiger partial charge is 0.478 e. The first-order valence-electron chi connectivity index (χ1n) is 6.33. The molecule has 6 nitrogen and oxygen atoms in total. The summed E-state index contributed by atoms with van der Waals surface area (Å²) in [7, 11) is 0. The molecule has 2 rings (SSSR count). The van der Waals surface area contributed by atoms with E-state index < -0.39 is 10.9 Å². The molecular weight excluding hydrogens is 272 g/mol. The van der Waals surface area contributed by atoms with Gasteiger partial charge in [-0.1, -0.05) is 30.3 Å². The average molecular weight is 286 g/mol. The molecule has 0 bridgehead atoms. The van der Waals surface area contributed by atoms with Gasteiger partial charge in [-0.05, 0) is 17.2 Å². The van der Waals surface area contributed by atoms with Gasteiger partial charge in [-0.25, -0.2) is 4.79 Å². The van der Waals surface area contributed by atoms with E-state index in [0.717, 1.165) is 5.56 Å². The summed E-state index contributed by atoms with van der Waals surface area (Å²) in [5, 5.41) is 22.7. The number of non-ortho nitro benzene ring substituents is 1. The smallest absolute Gasteiger partial charge is 0.336 e. The first-order valence-corrected chi connectivity index (χ1v) is 6.33. The van der Waals surface area contributed by atoms with Crippen LogP contribution in [0.3, 0.4) is 0 Å². The minimum absolute atomic E-state index is 0.0509. The molecule has 0 aliphatic heterocycles. The van der Waals surface area contributed by atoms with Gasteiger partial charge in [0.1, 0.15) is 0 Å². The first-order chi connectivity index (χ1) is 10.1. The maximum Gasteiger partial charge on any atom is 0.336 e. The van der Waals surface area contributed by atoms with Gasteiger partial charge in [0.2, 0.25) is 0 Å². The third-order valence-electron chi connectivity index (χ3n) is 3.04. The summed E-state index contributed by atoms with van der Waals surface area (Å²) in [6.07, 6.45) is 0. The maximum atomic E-state index is 11.1. The summed E-state index contributed by atoms with van der Waals surface area (Å²) in [6.45, 7) is 0.922. The summed E-state index contributed by atoms with van der Waals surface area (Å²) in [4.78, 5) is 21.2. The molecule has 0 fully saturated rings. The third-order valence-corrected chi connectivity index (χ3v) is 3.04. The van der Waals surface area contributed by atoms with Crippen LogP contribution in [-0.4, -0.2) is 16.0 Å². The Labute approximate surface area is 121 Å². The van der Waals surface area contributed by atoms with Gasteiger partial charge in [0.15, 0.2) is 0 Å². The Bertz CT molecular complexity index is 653. The second-order valence-electron chi connectivity index (χ2n) is 4.49. The molecule has 2 N–H and O–H groups in total. The lowest BCUT2D eigenvalue weighted by molar-refractivity contribution is -0.384. The van der Waals surface area contributed by atoms with Crippen LogP contribution in [0, 0.1) is 10.1 Å². The zero-order valence-corrected chi connectivity index (χ0v) is 11.2. The SMILES string of the molecule is O=C(O)c1ccccc1CNCc1ccc([N+](=O)[O-])cc1. The zero-order chi connectivity index (χ0) is 15.2. The summed E-state index contributed by atoms with van der Waals surface area (Å²) >= 11 is 0. The van der Waals surface area contributed by atoms with Gasteiger partial charge >= 0.3 is 5.97 Å². The second kappa shape index (κ2) is 6.62. The van der Waals surface area contributed by atoms with Gasteiger partial charge in [-0.15, -0.1) is 0 Å². The highest BCUT2D eigenvalue weighted by Crippen LogP contribution is 2.12. The molecule has 0 atom stereocenters. The van der Waals surface area contributed by atoms with E-state index >= 15 is 0 Å². The molecule has 0 saturated heterocycles. The Morgan fingerprint density at radius 3 is 2.38 bits per heavy atom. The van der Waals surface area contributed by atoms with E-state index in [1.54, 1.807) is 36.4 Å². The molecule has 0 radical (unpaired) electrons. The number of carbonyl (C=O) groups is 1. The minimum atomic E-state index is -0.956. The first kappa shape index (κ1) is 14.7. The highest BCUT2D eigenvalue weighted by Gasteiger charge is 2.08. The van der Waals surface area contributed by atoms with Crippen molar-refractivity contribution in [2.24, 2.45) is 0 Å². The van der Waals surface area contributed by atoms with Crippen LogP contribution in [0.1, 0.15) is 21.5 Å². The Morgan fingerprint density at radius 2 is 1.76 bits per heavy atom. The maximum absolute atomic E-state index is 11.1. The number of nitro groups is 1. The van der Waals surface area contributed by atoms with E-state index in [0.29, 0.717) is 18.7 Å². The van der Waals surface area contributed by atoms with Gasteiger partial charge in [0, 0.05) is 25.2 Å². The molecule has 21 heavy (non-hydrogen) atoms. The lowest BCUT2D eigenvalue weighted by atomic mass is 10.1. The third kappa shape index (κ3) is 3.87. The van der Waals surface area contributed by atoms with Gasteiger partial charge in [0.05, 0.1) is 10.5 Å². The molecule has 108 valence electrons. The molecule has 0 saturated carbocycles. The highest BCUT2D eigenvalue weighted by molar-refractivity contribution is 5.89. The van der Waals surface area contributed by atoms with Gasteiger partial charge < -0.3 is 10.4 Å². The fourth-order valence-electron chi connectivity index (χ4n) is 1.96. The second-order valence-corrected chi connectivity index (χ2v) is 4.49. The number of nitro benzene ring substituents is 1. The molecule has 0 unspecified atom stereocenters. The van der Waals surface area contributed by atoms with Crippen molar-refractivity contribution < 1.29 is 14.8 Å². The van der Waals surface area contributed by atoms with Crippen molar-refractivity contribution >= 4 is 11.7 Å². The lowest BCUT2D eigenvalue weighted by Gasteiger charge is -2.08. The van der Waals surface area contributed by atoms with Crippen LogP contribution in [-0.2, 0) is 13.1 Å². The van der Waals surface area contributed by atoms with Crippen molar-refractivity contribution in [2.75, 3.05) is 0 Å². The van der Waals surface area contributed by atoms with E-state index in [1.807, 2.05) is 0 Å². The van der Waals surface area contributed by atoms with Crippen LogP contribution in [0.2, 0.25) is 0 Å². The van der Waals surface area contributed by atoms with Crippen LogP contribution < -0.4 is 5.32 Å². The van der Waals surface area contributed by atoms with Gasteiger partial charge in [0.25, 0.3) is 5.69 Å². The summed E-state index contributed by atoms with van der Waals surface area (Å²) in [5.41, 5.74) is 1.92. The topological polar surface area (TPSA) is 92.5 Å². The minimum Gasteiger partial charge on any atom is -0.478 e. The molecular formula is C15H14N2O4. The van der Waals surface area contributed by atoms with E-state index in [2.05, 4.69) is 5.32 Å². The number of benzene rings is 2. The molecule has 2 aromatic carbocycles. The Kier molecular flexibility index (Phi) is 4.63. The molecule has 0 aliphatic carbocycles. The van der Waals surface area contributed by atoms with Crippen molar-refractivity contribution in [1.82, 2.24) is 5.32 Å². The van der Waals surface area contributed by atoms with Gasteiger partial charge in [-0.3, -0.25) is 10.1 Å². The highest BCUT2D eigenvalue weighted by atomic mass is 16.6. The van der Waals surface area contributed by atoms with E-state index in [4.69, 9.17) is 5.11 Å². The molecule has 0 spiro atoms. The number of aromatic carboxylic acids is 1. The van der Waals surface area contributed by atoms with Crippen LogP contribution >= 0.6 is 0 Å². The molecule has 6 heteroatoms. The molecule has 2 aromatic rings. The van der Waals surface area contributed by atoms with Crippen LogP contribution in [0.25, 0.3) is 0 Å². The van der Waals surface area contributed by atoms with Crippen molar-refractivity contribution in [3.05, 3.63) is 75.3 Å². The number of rotatable bonds is 6. The predicted octanol–water partition coefficient (Wildman–Crippen LogP) is 2.58. The Morgan fingerprint density at radius 1 is 1.10 bits per heavy atom. The Hall–Kier alpha value is -2.73. The molecule has 0 aliphatic rings. The van der Waals surface area contributed by atoms with Crippen molar-refractivity contribution in [1.29, 1.82) is 0 Å². The monoisotopic (exact) mass is 286 g/mol. The summed E-state index contributed by atoms with van der Waals surface area (Å²) < 4.78 is 0. The van der Waals surface area contributed by atoms with Crippen molar-refractivity contribution in [3.63, 3.8) is 0 Å². The molecule has 0 aromatic heterocycles. The van der Waals surface area contributed by atoms with E-state index in [1.165, 1.54) is 12.1 Å². The van der Waals surface area contributed by atoms with Crippen molar-refractivity contribution in [3.8, 4) is 0 Å². The molecule has 0 heterocycles. The number of carboxylic acids is 1. The summed E-state index contributed by atoms with van der Waals surface area (Å²) in [5.74, 6) is -0.956. The van der Waals surface area contributed by atoms with Crippen LogP contribution in [0.15, 0.2) is 48.5 Å². The number of hydrogen-bond acceptors (Lipinski definition) is 4. The van der Waals surface area contributed by atoms with Crippen LogP contribution in [0.5, 0.6) is 0 Å². The number of nitrogens with one attached hydrogen (secondary N) is 1. The molecule has 0 amide bonds. The van der Waals surface area contributed by atoms with Gasteiger partial charge in [-0.2, -0.15) is 0 Å². The fraction of sp³-hybridized carbons (Fsp3) is 0.133. The normalized spacial score (nSPS) is 10.3. The lowest BCUT2D eigenvalue weighted by Crippen LogP contribution is -2.15. The Balaban J connectivity index is 1.95. The number of nitrogens with zero attached hydrogens (tertiary/aromatic N) is 1. The van der Waals surface area contributed by atoms with E-state index in [9.17, 15) is 14.9 Å². The average Bonchev–Trinajstić information content (AvgIpc) is 2.48. The summed E-state index contributed by atoms with van der Waals surface area (Å²) in [6, 6.07) is 13.0. The fourth-order valence-corrected chi connectivity index (χ4v) is 1.96. The predicted molar refractivity (Wildman–Crippen MR) is 77.0 cm³/mol.